The first-order valence-corrected chi connectivity index (χ1v) is 4.58. The maximum atomic E-state index is 11.5. The number of anilines is 2. The van der Waals surface area contributed by atoms with E-state index in [4.69, 9.17) is 0 Å². The lowest BCUT2D eigenvalue weighted by molar-refractivity contribution is 0.180. The molecule has 0 unspecified atom stereocenters. The summed E-state index contributed by atoms with van der Waals surface area (Å²) in [6.07, 6.45) is -0.544. The van der Waals surface area contributed by atoms with Crippen LogP contribution in [0.25, 0.3) is 10.9 Å². The van der Waals surface area contributed by atoms with Crippen LogP contribution in [0, 0.1) is 0 Å². The van der Waals surface area contributed by atoms with Crippen molar-refractivity contribution in [2.45, 2.75) is 0 Å². The van der Waals surface area contributed by atoms with Crippen molar-refractivity contribution >= 4 is 28.5 Å². The fourth-order valence-electron chi connectivity index (χ4n) is 1.67. The minimum atomic E-state index is -0.544. The lowest BCUT2D eigenvalue weighted by atomic mass is 10.2. The van der Waals surface area contributed by atoms with Gasteiger partial charge in [-0.05, 0) is 17.3 Å². The second-order valence-corrected chi connectivity index (χ2v) is 3.23. The summed E-state index contributed by atoms with van der Waals surface area (Å²) < 4.78 is 4.63. The summed E-state index contributed by atoms with van der Waals surface area (Å²) in [5, 5.41) is 13.3. The summed E-state index contributed by atoms with van der Waals surface area (Å²) in [7, 11) is 1.30. The van der Waals surface area contributed by atoms with E-state index < -0.39 is 6.09 Å². The minimum absolute atomic E-state index is 0.410. The number of methoxy groups -OCH3 is 1. The fraction of sp³-hybridized carbons (Fsp3) is 0.111. The number of hydrogen-bond donors (Lipinski definition) is 1. The number of carbonyl (C=O) groups excluding carboxylic acids is 1. The number of amides is 1. The molecular weight excluding hydrogens is 210 g/mol. The molecular formula is C9H7N5O2. The van der Waals surface area contributed by atoms with Gasteiger partial charge in [0.05, 0.1) is 18.2 Å². The molecule has 1 aliphatic heterocycles. The van der Waals surface area contributed by atoms with Gasteiger partial charge in [-0.15, -0.1) is 10.2 Å². The molecule has 7 heteroatoms. The molecule has 1 aliphatic rings. The maximum Gasteiger partial charge on any atom is 0.434 e. The van der Waals surface area contributed by atoms with E-state index in [9.17, 15) is 4.79 Å². The zero-order valence-electron chi connectivity index (χ0n) is 8.34. The molecule has 0 atom stereocenters. The van der Waals surface area contributed by atoms with Gasteiger partial charge in [-0.25, -0.2) is 4.79 Å². The molecule has 1 aromatic carbocycles. The molecule has 1 aromatic heterocycles. The summed E-state index contributed by atoms with van der Waals surface area (Å²) in [5.74, 6) is 0.410. The van der Waals surface area contributed by atoms with Crippen molar-refractivity contribution in [1.82, 2.24) is 15.4 Å². The lowest BCUT2D eigenvalue weighted by Gasteiger charge is -2.13. The average Bonchev–Trinajstić information content (AvgIpc) is 2.70. The van der Waals surface area contributed by atoms with Crippen LogP contribution in [0.2, 0.25) is 0 Å². The number of nitrogens with zero attached hydrogens (tertiary/aromatic N) is 4. The van der Waals surface area contributed by atoms with E-state index in [1.807, 2.05) is 12.1 Å². The highest BCUT2D eigenvalue weighted by Gasteiger charge is 2.29. The molecule has 7 nitrogen and oxygen atoms in total. The van der Waals surface area contributed by atoms with Gasteiger partial charge >= 0.3 is 6.09 Å². The van der Waals surface area contributed by atoms with E-state index in [-0.39, 0.29) is 0 Å². The summed E-state index contributed by atoms with van der Waals surface area (Å²) in [6.45, 7) is 0. The number of benzene rings is 1. The Labute approximate surface area is 90.0 Å². The van der Waals surface area contributed by atoms with Gasteiger partial charge < -0.3 is 4.74 Å². The molecule has 2 heterocycles. The van der Waals surface area contributed by atoms with Crippen molar-refractivity contribution in [2.75, 3.05) is 17.5 Å². The first kappa shape index (κ1) is 8.84. The summed E-state index contributed by atoms with van der Waals surface area (Å²) in [4.78, 5) is 11.5. The Morgan fingerprint density at radius 1 is 1.44 bits per heavy atom. The van der Waals surface area contributed by atoms with E-state index in [0.29, 0.717) is 11.3 Å². The summed E-state index contributed by atoms with van der Waals surface area (Å²) >= 11 is 0. The molecule has 0 fully saturated rings. The van der Waals surface area contributed by atoms with E-state index in [1.165, 1.54) is 12.1 Å². The van der Waals surface area contributed by atoms with E-state index in [1.54, 1.807) is 6.07 Å². The third-order valence-corrected chi connectivity index (χ3v) is 2.36. The number of aromatic nitrogens is 3. The van der Waals surface area contributed by atoms with Crippen LogP contribution >= 0.6 is 0 Å². The van der Waals surface area contributed by atoms with Crippen molar-refractivity contribution in [3.8, 4) is 0 Å². The van der Waals surface area contributed by atoms with Crippen LogP contribution in [0.5, 0.6) is 0 Å². The fourth-order valence-corrected chi connectivity index (χ4v) is 1.67. The van der Waals surface area contributed by atoms with E-state index in [0.717, 1.165) is 11.1 Å². The predicted octanol–water partition coefficient (Wildman–Crippen LogP) is 0.938. The third-order valence-electron chi connectivity index (χ3n) is 2.36. The highest BCUT2D eigenvalue weighted by molar-refractivity contribution is 6.10. The third kappa shape index (κ3) is 1.02. The normalized spacial score (nSPS) is 12.7. The van der Waals surface area contributed by atoms with Crippen molar-refractivity contribution in [3.63, 3.8) is 0 Å². The standard InChI is InChI=1S/C9H7N5O2/c1-16-9(15)14-8-7-5(10-13-11-8)3-2-4-6(7)12-14/h2-4,12H,1H3. The van der Waals surface area contributed by atoms with Crippen LogP contribution < -0.4 is 10.4 Å². The molecule has 0 spiro atoms. The smallest absolute Gasteiger partial charge is 0.434 e. The molecule has 2 aromatic rings. The van der Waals surface area contributed by atoms with Gasteiger partial charge in [0.25, 0.3) is 0 Å². The molecule has 3 rings (SSSR count). The molecule has 0 radical (unpaired) electrons. The van der Waals surface area contributed by atoms with Crippen LogP contribution in [0.15, 0.2) is 18.2 Å². The number of ether oxygens (including phenoxy) is 1. The Bertz CT molecular complexity index is 580. The highest BCUT2D eigenvalue weighted by atomic mass is 16.5. The lowest BCUT2D eigenvalue weighted by Crippen LogP contribution is -2.33. The van der Waals surface area contributed by atoms with E-state index >= 15 is 0 Å². The Hall–Kier alpha value is -2.44. The van der Waals surface area contributed by atoms with Crippen molar-refractivity contribution < 1.29 is 9.53 Å². The number of hydrazine groups is 1. The largest absolute Gasteiger partial charge is 0.451 e. The first-order chi connectivity index (χ1) is 7.81. The van der Waals surface area contributed by atoms with Gasteiger partial charge in [0.2, 0.25) is 0 Å². The molecule has 16 heavy (non-hydrogen) atoms. The van der Waals surface area contributed by atoms with Crippen molar-refractivity contribution in [2.24, 2.45) is 0 Å². The number of carbonyl (C=O) groups is 1. The molecule has 1 amide bonds. The zero-order chi connectivity index (χ0) is 11.1. The van der Waals surface area contributed by atoms with Crippen molar-refractivity contribution in [3.05, 3.63) is 18.2 Å². The van der Waals surface area contributed by atoms with Crippen LogP contribution in [-0.4, -0.2) is 28.6 Å². The molecule has 80 valence electrons. The summed E-state index contributed by atoms with van der Waals surface area (Å²) in [6, 6.07) is 5.46. The van der Waals surface area contributed by atoms with Crippen LogP contribution in [0.3, 0.4) is 0 Å². The Morgan fingerprint density at radius 3 is 3.12 bits per heavy atom. The first-order valence-electron chi connectivity index (χ1n) is 4.58. The SMILES string of the molecule is COC(=O)N1Nc2cccc3nnnc1c23. The van der Waals surface area contributed by atoms with Gasteiger partial charge in [-0.3, -0.25) is 5.43 Å². The Balaban J connectivity index is 2.25. The maximum absolute atomic E-state index is 11.5. The van der Waals surface area contributed by atoms with E-state index in [2.05, 4.69) is 25.6 Å². The van der Waals surface area contributed by atoms with Crippen LogP contribution in [0.4, 0.5) is 16.3 Å². The topological polar surface area (TPSA) is 80.2 Å². The average molecular weight is 217 g/mol. The minimum Gasteiger partial charge on any atom is -0.451 e. The zero-order valence-corrected chi connectivity index (χ0v) is 8.34. The number of nitrogens with one attached hydrogen (secondary N) is 1. The molecule has 1 N–H and O–H groups in total. The second kappa shape index (κ2) is 3.02. The van der Waals surface area contributed by atoms with Gasteiger partial charge in [-0.2, -0.15) is 5.01 Å². The second-order valence-electron chi connectivity index (χ2n) is 3.23. The van der Waals surface area contributed by atoms with Gasteiger partial charge in [-0.1, -0.05) is 6.07 Å². The molecule has 0 bridgehead atoms. The van der Waals surface area contributed by atoms with Gasteiger partial charge in [0.15, 0.2) is 5.82 Å². The van der Waals surface area contributed by atoms with Gasteiger partial charge in [0.1, 0.15) is 5.52 Å². The number of rotatable bonds is 0. The molecule has 0 aliphatic carbocycles. The number of hydrogen-bond acceptors (Lipinski definition) is 6. The molecule has 0 saturated heterocycles. The highest BCUT2D eigenvalue weighted by Crippen LogP contribution is 2.35. The van der Waals surface area contributed by atoms with Gasteiger partial charge in [0, 0.05) is 0 Å². The quantitative estimate of drug-likeness (QED) is 0.707. The van der Waals surface area contributed by atoms with Crippen LogP contribution in [0.1, 0.15) is 0 Å². The predicted molar refractivity (Wildman–Crippen MR) is 55.8 cm³/mol. The Kier molecular flexibility index (Phi) is 1.67. The van der Waals surface area contributed by atoms with Crippen molar-refractivity contribution in [1.29, 1.82) is 0 Å². The summed E-state index contributed by atoms with van der Waals surface area (Å²) in [5.41, 5.74) is 4.32. The molecule has 0 saturated carbocycles. The Morgan fingerprint density at radius 2 is 2.31 bits per heavy atom. The van der Waals surface area contributed by atoms with Crippen LogP contribution in [-0.2, 0) is 4.74 Å². The monoisotopic (exact) mass is 217 g/mol.